The van der Waals surface area contributed by atoms with Gasteiger partial charge in [0.25, 0.3) is 0 Å². The zero-order valence-electron chi connectivity index (χ0n) is 10.7. The Bertz CT molecular complexity index is 676. The Morgan fingerprint density at radius 3 is 2.80 bits per heavy atom. The van der Waals surface area contributed by atoms with Crippen LogP contribution in [0.3, 0.4) is 0 Å². The molecule has 0 amide bonds. The molecule has 5 nitrogen and oxygen atoms in total. The van der Waals surface area contributed by atoms with Crippen molar-refractivity contribution in [3.63, 3.8) is 0 Å². The summed E-state index contributed by atoms with van der Waals surface area (Å²) in [5.41, 5.74) is 2.22. The number of hydrogen-bond donors (Lipinski definition) is 1. The maximum absolute atomic E-state index is 10.9. The molecule has 1 aliphatic carbocycles. The molecule has 104 valence electrons. The molecule has 1 aliphatic rings. The number of hydrogen-bond acceptors (Lipinski definition) is 4. The van der Waals surface area contributed by atoms with Crippen molar-refractivity contribution < 1.29 is 19.2 Å². The zero-order chi connectivity index (χ0) is 14.3. The zero-order valence-corrected chi connectivity index (χ0v) is 12.3. The molecule has 1 saturated carbocycles. The molecule has 2 aromatic rings. The fourth-order valence-corrected chi connectivity index (χ4v) is 2.56. The molecular formula is C14H12BrNO4. The van der Waals surface area contributed by atoms with Gasteiger partial charge < -0.3 is 14.4 Å². The highest BCUT2D eigenvalue weighted by molar-refractivity contribution is 9.10. The Balaban J connectivity index is 2.07. The Hall–Kier alpha value is -1.82. The number of carboxylic acids is 1. The van der Waals surface area contributed by atoms with Gasteiger partial charge in [-0.2, -0.15) is 0 Å². The topological polar surface area (TPSA) is 72.6 Å². The molecule has 20 heavy (non-hydrogen) atoms. The van der Waals surface area contributed by atoms with Gasteiger partial charge in [0.1, 0.15) is 11.4 Å². The van der Waals surface area contributed by atoms with Crippen LogP contribution in [0.2, 0.25) is 0 Å². The van der Waals surface area contributed by atoms with Gasteiger partial charge >= 0.3 is 5.97 Å². The molecule has 1 heterocycles. The first kappa shape index (κ1) is 13.2. The van der Waals surface area contributed by atoms with E-state index in [1.54, 1.807) is 0 Å². The Labute approximate surface area is 123 Å². The summed E-state index contributed by atoms with van der Waals surface area (Å²) in [6.45, 7) is 1.95. The van der Waals surface area contributed by atoms with Gasteiger partial charge in [0.15, 0.2) is 0 Å². The number of rotatable bonds is 4. The number of aryl methyl sites for hydroxylation is 1. The van der Waals surface area contributed by atoms with E-state index in [1.165, 1.54) is 6.07 Å². The molecule has 0 bridgehead atoms. The monoisotopic (exact) mass is 337 g/mol. The van der Waals surface area contributed by atoms with E-state index in [-0.39, 0.29) is 11.9 Å². The third kappa shape index (κ3) is 2.56. The standard InChI is InChI=1S/C14H12BrNO4/c1-7-4-9(11-6-12(14(17)18)20-16-11)13(10(15)5-7)19-8-2-3-8/h4-6,8H,2-3H2,1H3,(H,17,18). The summed E-state index contributed by atoms with van der Waals surface area (Å²) in [5, 5.41) is 12.7. The van der Waals surface area contributed by atoms with E-state index in [9.17, 15) is 4.79 Å². The van der Waals surface area contributed by atoms with Gasteiger partial charge in [-0.05, 0) is 53.4 Å². The lowest BCUT2D eigenvalue weighted by atomic mass is 10.1. The largest absolute Gasteiger partial charge is 0.489 e. The van der Waals surface area contributed by atoms with Gasteiger partial charge in [-0.25, -0.2) is 4.79 Å². The first-order valence-electron chi connectivity index (χ1n) is 6.22. The van der Waals surface area contributed by atoms with Crippen LogP contribution in [-0.2, 0) is 0 Å². The minimum atomic E-state index is -1.14. The number of ether oxygens (including phenoxy) is 1. The first-order chi connectivity index (χ1) is 9.54. The SMILES string of the molecule is Cc1cc(Br)c(OC2CC2)c(-c2cc(C(=O)O)on2)c1. The van der Waals surface area contributed by atoms with Crippen molar-refractivity contribution in [2.24, 2.45) is 0 Å². The van der Waals surface area contributed by atoms with Crippen LogP contribution in [0.1, 0.15) is 29.0 Å². The highest BCUT2D eigenvalue weighted by atomic mass is 79.9. The van der Waals surface area contributed by atoms with E-state index < -0.39 is 5.97 Å². The van der Waals surface area contributed by atoms with Crippen LogP contribution < -0.4 is 4.74 Å². The molecule has 0 saturated heterocycles. The Morgan fingerprint density at radius 1 is 1.45 bits per heavy atom. The molecule has 1 aromatic heterocycles. The van der Waals surface area contributed by atoms with Crippen LogP contribution in [0.5, 0.6) is 5.75 Å². The molecule has 3 rings (SSSR count). The maximum Gasteiger partial charge on any atom is 0.374 e. The number of nitrogens with zero attached hydrogens (tertiary/aromatic N) is 1. The number of benzene rings is 1. The Morgan fingerprint density at radius 2 is 2.20 bits per heavy atom. The molecule has 0 atom stereocenters. The fourth-order valence-electron chi connectivity index (χ4n) is 1.89. The number of halogens is 1. The molecule has 1 N–H and O–H groups in total. The number of aromatic nitrogens is 1. The van der Waals surface area contributed by atoms with Gasteiger partial charge in [0.2, 0.25) is 5.76 Å². The van der Waals surface area contributed by atoms with Crippen molar-refractivity contribution in [2.45, 2.75) is 25.9 Å². The van der Waals surface area contributed by atoms with E-state index in [1.807, 2.05) is 19.1 Å². The van der Waals surface area contributed by atoms with Gasteiger partial charge in [0.05, 0.1) is 10.6 Å². The molecular weight excluding hydrogens is 326 g/mol. The molecule has 1 aromatic carbocycles. The second-order valence-electron chi connectivity index (χ2n) is 4.82. The third-order valence-corrected chi connectivity index (χ3v) is 3.58. The fraction of sp³-hybridized carbons (Fsp3) is 0.286. The molecule has 0 unspecified atom stereocenters. The average Bonchev–Trinajstić information content (AvgIpc) is 3.05. The number of aromatic carboxylic acids is 1. The summed E-state index contributed by atoms with van der Waals surface area (Å²) in [6.07, 6.45) is 2.32. The predicted molar refractivity (Wildman–Crippen MR) is 75.0 cm³/mol. The molecule has 0 spiro atoms. The van der Waals surface area contributed by atoms with Gasteiger partial charge in [-0.3, -0.25) is 0 Å². The van der Waals surface area contributed by atoms with Crippen LogP contribution in [0.15, 0.2) is 27.2 Å². The number of carbonyl (C=O) groups is 1. The van der Waals surface area contributed by atoms with Gasteiger partial charge in [-0.1, -0.05) is 5.16 Å². The van der Waals surface area contributed by atoms with E-state index in [0.29, 0.717) is 11.4 Å². The molecule has 0 aliphatic heterocycles. The summed E-state index contributed by atoms with van der Waals surface area (Å²) in [6, 6.07) is 5.27. The van der Waals surface area contributed by atoms with Gasteiger partial charge in [0, 0.05) is 11.6 Å². The van der Waals surface area contributed by atoms with Crippen LogP contribution in [0, 0.1) is 6.92 Å². The van der Waals surface area contributed by atoms with E-state index >= 15 is 0 Å². The summed E-state index contributed by atoms with van der Waals surface area (Å²) < 4.78 is 11.5. The lowest BCUT2D eigenvalue weighted by Gasteiger charge is -2.12. The summed E-state index contributed by atoms with van der Waals surface area (Å²) in [4.78, 5) is 10.9. The summed E-state index contributed by atoms with van der Waals surface area (Å²) in [5.74, 6) is -0.640. The van der Waals surface area contributed by atoms with Crippen LogP contribution in [-0.4, -0.2) is 22.3 Å². The highest BCUT2D eigenvalue weighted by Gasteiger charge is 2.27. The second kappa shape index (κ2) is 4.94. The minimum absolute atomic E-state index is 0.185. The smallest absolute Gasteiger partial charge is 0.374 e. The normalized spacial score (nSPS) is 14.3. The average molecular weight is 338 g/mol. The number of carboxylic acid groups (broad SMARTS) is 1. The van der Waals surface area contributed by atoms with Crippen LogP contribution in [0.25, 0.3) is 11.3 Å². The van der Waals surface area contributed by atoms with Crippen molar-refractivity contribution in [2.75, 3.05) is 0 Å². The lowest BCUT2D eigenvalue weighted by Crippen LogP contribution is -1.99. The molecule has 0 radical (unpaired) electrons. The quantitative estimate of drug-likeness (QED) is 0.921. The molecule has 6 heteroatoms. The lowest BCUT2D eigenvalue weighted by molar-refractivity contribution is 0.0652. The first-order valence-corrected chi connectivity index (χ1v) is 7.01. The van der Waals surface area contributed by atoms with Crippen molar-refractivity contribution in [1.82, 2.24) is 5.16 Å². The van der Waals surface area contributed by atoms with Gasteiger partial charge in [-0.15, -0.1) is 0 Å². The Kier molecular flexibility index (Phi) is 3.25. The van der Waals surface area contributed by atoms with Crippen molar-refractivity contribution >= 4 is 21.9 Å². The molecule has 1 fully saturated rings. The summed E-state index contributed by atoms with van der Waals surface area (Å²) >= 11 is 3.49. The van der Waals surface area contributed by atoms with E-state index in [2.05, 4.69) is 21.1 Å². The van der Waals surface area contributed by atoms with Crippen LogP contribution in [0.4, 0.5) is 0 Å². The van der Waals surface area contributed by atoms with Crippen LogP contribution >= 0.6 is 15.9 Å². The van der Waals surface area contributed by atoms with E-state index in [4.69, 9.17) is 14.4 Å². The minimum Gasteiger partial charge on any atom is -0.489 e. The van der Waals surface area contributed by atoms with Crippen molar-refractivity contribution in [3.8, 4) is 17.0 Å². The summed E-state index contributed by atoms with van der Waals surface area (Å²) in [7, 11) is 0. The van der Waals surface area contributed by atoms with E-state index in [0.717, 1.165) is 28.4 Å². The predicted octanol–water partition coefficient (Wildman–Crippen LogP) is 3.65. The second-order valence-corrected chi connectivity index (χ2v) is 5.68. The van der Waals surface area contributed by atoms with Crippen molar-refractivity contribution in [3.05, 3.63) is 34.0 Å². The maximum atomic E-state index is 10.9. The highest BCUT2D eigenvalue weighted by Crippen LogP contribution is 2.40. The third-order valence-electron chi connectivity index (χ3n) is 2.99. The van der Waals surface area contributed by atoms with Crippen molar-refractivity contribution in [1.29, 1.82) is 0 Å².